The predicted molar refractivity (Wildman–Crippen MR) is 111 cm³/mol. The maximum absolute atomic E-state index is 13.5. The van der Waals surface area contributed by atoms with Crippen molar-refractivity contribution < 1.29 is 9.53 Å². The van der Waals surface area contributed by atoms with Gasteiger partial charge in [0.2, 0.25) is 5.91 Å². The Balaban J connectivity index is 1.88. The van der Waals surface area contributed by atoms with Crippen molar-refractivity contribution in [2.45, 2.75) is 18.9 Å². The van der Waals surface area contributed by atoms with Crippen LogP contribution in [0.3, 0.4) is 0 Å². The van der Waals surface area contributed by atoms with Crippen LogP contribution in [0.1, 0.15) is 18.9 Å². The molecular formula is C21H23N5O3. The Labute approximate surface area is 167 Å². The molecule has 1 saturated heterocycles. The molecule has 0 saturated carbocycles. The molecule has 0 unspecified atom stereocenters. The SMILES string of the molecule is C=CC(=O)N1CCC[C@@H](n2c(=O)n(-c3ccc(OC)cc3)c3c(N)nccc32)C1. The summed E-state index contributed by atoms with van der Waals surface area (Å²) in [7, 11) is 1.59. The van der Waals surface area contributed by atoms with Crippen LogP contribution < -0.4 is 16.2 Å². The number of carbonyl (C=O) groups is 1. The Morgan fingerprint density at radius 3 is 2.76 bits per heavy atom. The Hall–Kier alpha value is -3.55. The Bertz CT molecular complexity index is 1130. The fourth-order valence-corrected chi connectivity index (χ4v) is 4.01. The third kappa shape index (κ3) is 3.16. The average Bonchev–Trinajstić information content (AvgIpc) is 3.06. The van der Waals surface area contributed by atoms with Gasteiger partial charge in [-0.15, -0.1) is 0 Å². The summed E-state index contributed by atoms with van der Waals surface area (Å²) in [4.78, 5) is 31.6. The molecule has 0 spiro atoms. The number of aromatic nitrogens is 3. The van der Waals surface area contributed by atoms with Gasteiger partial charge in [0, 0.05) is 19.3 Å². The summed E-state index contributed by atoms with van der Waals surface area (Å²) in [5.41, 5.74) is 7.91. The highest BCUT2D eigenvalue weighted by atomic mass is 16.5. The van der Waals surface area contributed by atoms with Crippen LogP contribution in [0.25, 0.3) is 16.7 Å². The van der Waals surface area contributed by atoms with Crippen LogP contribution in [0.2, 0.25) is 0 Å². The molecule has 0 aliphatic carbocycles. The molecule has 29 heavy (non-hydrogen) atoms. The van der Waals surface area contributed by atoms with E-state index in [1.165, 1.54) is 6.08 Å². The molecule has 1 aliphatic rings. The first-order chi connectivity index (χ1) is 14.0. The second kappa shape index (κ2) is 7.46. The summed E-state index contributed by atoms with van der Waals surface area (Å²) in [6.45, 7) is 4.69. The number of piperidine rings is 1. The molecule has 3 aromatic rings. The number of benzene rings is 1. The summed E-state index contributed by atoms with van der Waals surface area (Å²) in [6.07, 6.45) is 4.52. The molecule has 1 aliphatic heterocycles. The van der Waals surface area contributed by atoms with Gasteiger partial charge in [-0.25, -0.2) is 9.78 Å². The van der Waals surface area contributed by atoms with Gasteiger partial charge < -0.3 is 15.4 Å². The first-order valence-corrected chi connectivity index (χ1v) is 9.48. The molecule has 8 heteroatoms. The fourth-order valence-electron chi connectivity index (χ4n) is 4.01. The van der Waals surface area contributed by atoms with Gasteiger partial charge >= 0.3 is 5.69 Å². The number of amides is 1. The minimum atomic E-state index is -0.206. The number of nitrogens with two attached hydrogens (primary N) is 1. The van der Waals surface area contributed by atoms with Crippen molar-refractivity contribution in [3.63, 3.8) is 0 Å². The third-order valence-corrected chi connectivity index (χ3v) is 5.39. The van der Waals surface area contributed by atoms with E-state index in [4.69, 9.17) is 10.5 Å². The van der Waals surface area contributed by atoms with Crippen LogP contribution in [0, 0.1) is 0 Å². The molecule has 1 amide bonds. The van der Waals surface area contributed by atoms with E-state index in [0.717, 1.165) is 12.8 Å². The fraction of sp³-hybridized carbons (Fsp3) is 0.286. The standard InChI is InChI=1S/C21H23N5O3/c1-3-18(27)24-12-4-5-15(13-24)25-17-10-11-23-20(22)19(17)26(21(25)28)14-6-8-16(29-2)9-7-14/h3,6-11,15H,1,4-5,12-13H2,2H3,(H2,22,23)/t15-/m1/s1. The minimum Gasteiger partial charge on any atom is -0.497 e. The van der Waals surface area contributed by atoms with Crippen molar-refractivity contribution in [3.05, 3.63) is 59.7 Å². The summed E-state index contributed by atoms with van der Waals surface area (Å²) < 4.78 is 8.53. The lowest BCUT2D eigenvalue weighted by atomic mass is 10.1. The van der Waals surface area contributed by atoms with Crippen molar-refractivity contribution in [1.29, 1.82) is 0 Å². The molecule has 0 radical (unpaired) electrons. The van der Waals surface area contributed by atoms with Gasteiger partial charge in [-0.3, -0.25) is 13.9 Å². The van der Waals surface area contributed by atoms with E-state index in [9.17, 15) is 9.59 Å². The number of fused-ring (bicyclic) bond motifs is 1. The zero-order chi connectivity index (χ0) is 20.5. The number of carbonyl (C=O) groups excluding carboxylic acids is 1. The summed E-state index contributed by atoms with van der Waals surface area (Å²) in [6, 6.07) is 8.85. The minimum absolute atomic E-state index is 0.122. The first kappa shape index (κ1) is 18.8. The topological polar surface area (TPSA) is 95.4 Å². The zero-order valence-corrected chi connectivity index (χ0v) is 16.2. The molecule has 2 N–H and O–H groups in total. The lowest BCUT2D eigenvalue weighted by Crippen LogP contribution is -2.42. The van der Waals surface area contributed by atoms with E-state index in [1.54, 1.807) is 45.5 Å². The number of imidazole rings is 1. The predicted octanol–water partition coefficient (Wildman–Crippen LogP) is 2.13. The van der Waals surface area contributed by atoms with E-state index in [2.05, 4.69) is 11.6 Å². The maximum Gasteiger partial charge on any atom is 0.334 e. The second-order valence-corrected chi connectivity index (χ2v) is 7.03. The number of ether oxygens (including phenoxy) is 1. The Morgan fingerprint density at radius 1 is 1.31 bits per heavy atom. The quantitative estimate of drug-likeness (QED) is 0.685. The number of pyridine rings is 1. The van der Waals surface area contributed by atoms with Crippen LogP contribution in [-0.4, -0.2) is 45.1 Å². The van der Waals surface area contributed by atoms with E-state index in [-0.39, 0.29) is 23.5 Å². The number of nitrogens with zero attached hydrogens (tertiary/aromatic N) is 4. The summed E-state index contributed by atoms with van der Waals surface area (Å²) in [5, 5.41) is 0. The zero-order valence-electron chi connectivity index (χ0n) is 16.2. The highest BCUT2D eigenvalue weighted by molar-refractivity contribution is 5.88. The smallest absolute Gasteiger partial charge is 0.334 e. The number of likely N-dealkylation sites (tertiary alicyclic amines) is 1. The molecule has 8 nitrogen and oxygen atoms in total. The lowest BCUT2D eigenvalue weighted by molar-refractivity contribution is -0.127. The second-order valence-electron chi connectivity index (χ2n) is 7.03. The number of rotatable bonds is 4. The third-order valence-electron chi connectivity index (χ3n) is 5.39. The van der Waals surface area contributed by atoms with Crippen LogP contribution in [0.4, 0.5) is 5.82 Å². The molecule has 1 fully saturated rings. The summed E-state index contributed by atoms with van der Waals surface area (Å²) in [5.74, 6) is 0.856. The monoisotopic (exact) mass is 393 g/mol. The first-order valence-electron chi connectivity index (χ1n) is 9.48. The normalized spacial score (nSPS) is 16.7. The molecular weight excluding hydrogens is 370 g/mol. The highest BCUT2D eigenvalue weighted by Gasteiger charge is 2.28. The van der Waals surface area contributed by atoms with Crippen LogP contribution in [0.5, 0.6) is 5.75 Å². The lowest BCUT2D eigenvalue weighted by Gasteiger charge is -2.32. The number of methoxy groups -OCH3 is 1. The number of nitrogen functional groups attached to an aromatic ring is 1. The van der Waals surface area contributed by atoms with E-state index in [0.29, 0.717) is 35.6 Å². The molecule has 4 rings (SSSR count). The van der Waals surface area contributed by atoms with Crippen molar-refractivity contribution in [2.24, 2.45) is 0 Å². The van der Waals surface area contributed by atoms with Crippen LogP contribution in [-0.2, 0) is 4.79 Å². The van der Waals surface area contributed by atoms with Gasteiger partial charge in [-0.2, -0.15) is 0 Å². The van der Waals surface area contributed by atoms with E-state index in [1.807, 2.05) is 12.1 Å². The van der Waals surface area contributed by atoms with E-state index < -0.39 is 0 Å². The molecule has 0 bridgehead atoms. The van der Waals surface area contributed by atoms with E-state index >= 15 is 0 Å². The van der Waals surface area contributed by atoms with Crippen molar-refractivity contribution in [3.8, 4) is 11.4 Å². The van der Waals surface area contributed by atoms with Crippen molar-refractivity contribution in [1.82, 2.24) is 19.0 Å². The van der Waals surface area contributed by atoms with Gasteiger partial charge in [-0.05, 0) is 49.2 Å². The van der Waals surface area contributed by atoms with Gasteiger partial charge in [-0.1, -0.05) is 6.58 Å². The molecule has 2 aromatic heterocycles. The van der Waals surface area contributed by atoms with Gasteiger partial charge in [0.05, 0.1) is 24.4 Å². The maximum atomic E-state index is 13.5. The largest absolute Gasteiger partial charge is 0.497 e. The Morgan fingerprint density at radius 2 is 2.07 bits per heavy atom. The van der Waals surface area contributed by atoms with Crippen molar-refractivity contribution in [2.75, 3.05) is 25.9 Å². The number of hydrogen-bond donors (Lipinski definition) is 1. The van der Waals surface area contributed by atoms with Crippen LogP contribution >= 0.6 is 0 Å². The van der Waals surface area contributed by atoms with Gasteiger partial charge in [0.25, 0.3) is 0 Å². The highest BCUT2D eigenvalue weighted by Crippen LogP contribution is 2.28. The average molecular weight is 393 g/mol. The van der Waals surface area contributed by atoms with Crippen LogP contribution in [0.15, 0.2) is 54.0 Å². The van der Waals surface area contributed by atoms with Crippen molar-refractivity contribution >= 4 is 22.8 Å². The number of hydrogen-bond acceptors (Lipinski definition) is 5. The molecule has 1 atom stereocenters. The van der Waals surface area contributed by atoms with Gasteiger partial charge in [0.15, 0.2) is 0 Å². The molecule has 3 heterocycles. The van der Waals surface area contributed by atoms with Gasteiger partial charge in [0.1, 0.15) is 17.1 Å². The summed E-state index contributed by atoms with van der Waals surface area (Å²) >= 11 is 0. The number of anilines is 1. The molecule has 1 aromatic carbocycles. The Kier molecular flexibility index (Phi) is 4.84. The molecule has 150 valence electrons.